The smallest absolute Gasteiger partial charge is 0.226 e. The summed E-state index contributed by atoms with van der Waals surface area (Å²) in [7, 11) is 0. The summed E-state index contributed by atoms with van der Waals surface area (Å²) in [6.07, 6.45) is 8.89. The van der Waals surface area contributed by atoms with Gasteiger partial charge in [0.15, 0.2) is 0 Å². The largest absolute Gasteiger partial charge is 0.444 e. The number of rotatable bonds is 5. The molecule has 0 N–H and O–H groups in total. The summed E-state index contributed by atoms with van der Waals surface area (Å²) >= 11 is 0. The van der Waals surface area contributed by atoms with E-state index in [0.717, 1.165) is 29.6 Å². The van der Waals surface area contributed by atoms with E-state index in [0.29, 0.717) is 5.41 Å². The third-order valence-electron chi connectivity index (χ3n) is 6.43. The first-order valence-electron chi connectivity index (χ1n) is 10.2. The van der Waals surface area contributed by atoms with E-state index in [-0.39, 0.29) is 0 Å². The minimum atomic E-state index is 0.527. The first-order chi connectivity index (χ1) is 12.8. The van der Waals surface area contributed by atoms with Crippen molar-refractivity contribution in [2.75, 3.05) is 32.7 Å². The molecule has 1 aliphatic carbocycles. The maximum atomic E-state index is 5.72. The molecule has 1 saturated carbocycles. The lowest BCUT2D eigenvalue weighted by Crippen LogP contribution is -2.45. The number of oxazole rings is 1. The van der Waals surface area contributed by atoms with Gasteiger partial charge in [0.2, 0.25) is 5.89 Å². The standard InChI is InChI=1S/C22H29N3O/c1-2-5-19(6-3-1)21-23-20(15-26-21)14-25-12-10-22(17-25)9-4-11-24(16-22)13-18-7-8-18/h1-3,5-6,15,18H,4,7-14,16-17H2. The summed E-state index contributed by atoms with van der Waals surface area (Å²) in [6.45, 7) is 7.33. The number of likely N-dealkylation sites (tertiary alicyclic amines) is 2. The lowest BCUT2D eigenvalue weighted by Gasteiger charge is -2.40. The maximum Gasteiger partial charge on any atom is 0.226 e. The summed E-state index contributed by atoms with van der Waals surface area (Å²) in [5.41, 5.74) is 2.64. The zero-order valence-corrected chi connectivity index (χ0v) is 15.6. The molecule has 0 radical (unpaired) electrons. The van der Waals surface area contributed by atoms with E-state index in [1.54, 1.807) is 0 Å². The molecular weight excluding hydrogens is 322 g/mol. The minimum absolute atomic E-state index is 0.527. The fourth-order valence-electron chi connectivity index (χ4n) is 4.95. The average Bonchev–Trinajstić information content (AvgIpc) is 3.22. The van der Waals surface area contributed by atoms with Crippen LogP contribution in [0.2, 0.25) is 0 Å². The van der Waals surface area contributed by atoms with Gasteiger partial charge >= 0.3 is 0 Å². The highest BCUT2D eigenvalue weighted by Crippen LogP contribution is 2.41. The maximum absolute atomic E-state index is 5.72. The van der Waals surface area contributed by atoms with Gasteiger partial charge in [0.05, 0.1) is 5.69 Å². The SMILES string of the molecule is c1ccc(-c2nc(CN3CCC4(CCCN(CC5CC5)C4)C3)co2)cc1. The summed E-state index contributed by atoms with van der Waals surface area (Å²) < 4.78 is 5.72. The lowest BCUT2D eigenvalue weighted by molar-refractivity contribution is 0.0883. The van der Waals surface area contributed by atoms with Crippen LogP contribution in [0.5, 0.6) is 0 Å². The zero-order chi connectivity index (χ0) is 17.4. The second-order valence-electron chi connectivity index (χ2n) is 8.75. The molecule has 5 rings (SSSR count). The zero-order valence-electron chi connectivity index (χ0n) is 15.6. The molecule has 3 fully saturated rings. The van der Waals surface area contributed by atoms with Crippen LogP contribution < -0.4 is 0 Å². The van der Waals surface area contributed by atoms with Crippen molar-refractivity contribution in [1.82, 2.24) is 14.8 Å². The van der Waals surface area contributed by atoms with Crippen LogP contribution in [0.15, 0.2) is 41.0 Å². The van der Waals surface area contributed by atoms with Crippen LogP contribution in [-0.2, 0) is 6.54 Å². The minimum Gasteiger partial charge on any atom is -0.444 e. The number of nitrogens with zero attached hydrogens (tertiary/aromatic N) is 3. The van der Waals surface area contributed by atoms with Gasteiger partial charge in [0, 0.05) is 31.7 Å². The fraction of sp³-hybridized carbons (Fsp3) is 0.591. The fourth-order valence-corrected chi connectivity index (χ4v) is 4.95. The normalized spacial score (nSPS) is 27.4. The van der Waals surface area contributed by atoms with Gasteiger partial charge in [-0.25, -0.2) is 4.98 Å². The molecule has 1 aromatic heterocycles. The van der Waals surface area contributed by atoms with Gasteiger partial charge in [0.25, 0.3) is 0 Å². The molecule has 2 saturated heterocycles. The average molecular weight is 351 g/mol. The van der Waals surface area contributed by atoms with Crippen molar-refractivity contribution in [2.45, 2.75) is 38.6 Å². The Kier molecular flexibility index (Phi) is 4.33. The number of aromatic nitrogens is 1. The predicted molar refractivity (Wildman–Crippen MR) is 103 cm³/mol. The van der Waals surface area contributed by atoms with Crippen molar-refractivity contribution in [2.24, 2.45) is 11.3 Å². The first-order valence-corrected chi connectivity index (χ1v) is 10.2. The van der Waals surface area contributed by atoms with Crippen LogP contribution in [-0.4, -0.2) is 47.5 Å². The molecule has 2 aliphatic heterocycles. The van der Waals surface area contributed by atoms with Gasteiger partial charge in [-0.05, 0) is 68.7 Å². The summed E-state index contributed by atoms with van der Waals surface area (Å²) in [5.74, 6) is 1.75. The van der Waals surface area contributed by atoms with Crippen molar-refractivity contribution in [3.05, 3.63) is 42.3 Å². The van der Waals surface area contributed by atoms with E-state index in [4.69, 9.17) is 9.40 Å². The highest BCUT2D eigenvalue weighted by molar-refractivity contribution is 5.52. The van der Waals surface area contributed by atoms with E-state index >= 15 is 0 Å². The third-order valence-corrected chi connectivity index (χ3v) is 6.43. The van der Waals surface area contributed by atoms with Crippen LogP contribution in [0.25, 0.3) is 11.5 Å². The van der Waals surface area contributed by atoms with Crippen molar-refractivity contribution < 1.29 is 4.42 Å². The van der Waals surface area contributed by atoms with Crippen molar-refractivity contribution in [3.63, 3.8) is 0 Å². The molecule has 3 aliphatic rings. The Hall–Kier alpha value is -1.65. The summed E-state index contributed by atoms with van der Waals surface area (Å²) in [5, 5.41) is 0. The molecule has 26 heavy (non-hydrogen) atoms. The highest BCUT2D eigenvalue weighted by Gasteiger charge is 2.42. The van der Waals surface area contributed by atoms with E-state index in [2.05, 4.69) is 21.9 Å². The van der Waals surface area contributed by atoms with Crippen LogP contribution in [0, 0.1) is 11.3 Å². The van der Waals surface area contributed by atoms with Crippen molar-refractivity contribution in [1.29, 1.82) is 0 Å². The van der Waals surface area contributed by atoms with Crippen LogP contribution in [0.4, 0.5) is 0 Å². The summed E-state index contributed by atoms with van der Waals surface area (Å²) in [6, 6.07) is 10.2. The molecule has 0 bridgehead atoms. The van der Waals surface area contributed by atoms with E-state index < -0.39 is 0 Å². The Morgan fingerprint density at radius 1 is 1.04 bits per heavy atom. The molecule has 2 aromatic rings. The molecule has 1 unspecified atom stereocenters. The molecule has 4 heteroatoms. The molecular formula is C22H29N3O. The Morgan fingerprint density at radius 2 is 1.88 bits per heavy atom. The second-order valence-corrected chi connectivity index (χ2v) is 8.75. The van der Waals surface area contributed by atoms with Crippen molar-refractivity contribution >= 4 is 0 Å². The van der Waals surface area contributed by atoms with Gasteiger partial charge < -0.3 is 9.32 Å². The first kappa shape index (κ1) is 16.5. The molecule has 1 aromatic carbocycles. The van der Waals surface area contributed by atoms with E-state index in [1.807, 2.05) is 24.5 Å². The van der Waals surface area contributed by atoms with E-state index in [9.17, 15) is 0 Å². The van der Waals surface area contributed by atoms with Gasteiger partial charge in [-0.15, -0.1) is 0 Å². The van der Waals surface area contributed by atoms with Gasteiger partial charge in [0.1, 0.15) is 6.26 Å². The third kappa shape index (κ3) is 3.58. The topological polar surface area (TPSA) is 32.5 Å². The van der Waals surface area contributed by atoms with Gasteiger partial charge in [-0.2, -0.15) is 0 Å². The molecule has 1 spiro atoms. The second kappa shape index (κ2) is 6.82. The number of piperidine rings is 1. The quantitative estimate of drug-likeness (QED) is 0.814. The Labute approximate surface area is 156 Å². The van der Waals surface area contributed by atoms with Gasteiger partial charge in [-0.1, -0.05) is 18.2 Å². The highest BCUT2D eigenvalue weighted by atomic mass is 16.3. The van der Waals surface area contributed by atoms with Gasteiger partial charge in [-0.3, -0.25) is 4.90 Å². The Balaban J connectivity index is 1.20. The van der Waals surface area contributed by atoms with Crippen molar-refractivity contribution in [3.8, 4) is 11.5 Å². The molecule has 4 nitrogen and oxygen atoms in total. The van der Waals surface area contributed by atoms with Crippen LogP contribution in [0.1, 0.15) is 37.8 Å². The number of hydrogen-bond acceptors (Lipinski definition) is 4. The molecule has 138 valence electrons. The molecule has 0 amide bonds. The van der Waals surface area contributed by atoms with Crippen LogP contribution in [0.3, 0.4) is 0 Å². The summed E-state index contributed by atoms with van der Waals surface area (Å²) in [4.78, 5) is 10.1. The Bertz CT molecular complexity index is 739. The molecule has 3 heterocycles. The Morgan fingerprint density at radius 3 is 2.73 bits per heavy atom. The number of benzene rings is 1. The van der Waals surface area contributed by atoms with Crippen LogP contribution >= 0.6 is 0 Å². The van der Waals surface area contributed by atoms with E-state index in [1.165, 1.54) is 64.8 Å². The predicted octanol–water partition coefficient (Wildman–Crippen LogP) is 4.04. The monoisotopic (exact) mass is 351 g/mol. The number of hydrogen-bond donors (Lipinski definition) is 0. The molecule has 1 atom stereocenters. The lowest BCUT2D eigenvalue weighted by atomic mass is 9.79.